The monoisotopic (exact) mass is 214 g/mol. The molecule has 0 saturated heterocycles. The molecule has 0 fully saturated rings. The van der Waals surface area contributed by atoms with Crippen molar-refractivity contribution in [1.29, 1.82) is 0 Å². The first-order chi connectivity index (χ1) is 7.19. The Balaban J connectivity index is 2.62. The zero-order chi connectivity index (χ0) is 11.3. The van der Waals surface area contributed by atoms with Crippen LogP contribution in [0.5, 0.6) is 0 Å². The summed E-state index contributed by atoms with van der Waals surface area (Å²) >= 11 is 0. The second-order valence-corrected chi connectivity index (χ2v) is 2.92. The average Bonchev–Trinajstić information content (AvgIpc) is 2.74. The minimum atomic E-state index is -0.407. The van der Waals surface area contributed by atoms with E-state index in [1.54, 1.807) is 7.11 Å². The summed E-state index contributed by atoms with van der Waals surface area (Å²) in [4.78, 5) is 15.0. The fourth-order valence-electron chi connectivity index (χ4n) is 0.958. The van der Waals surface area contributed by atoms with E-state index in [1.807, 2.05) is 0 Å². The lowest BCUT2D eigenvalue weighted by Gasteiger charge is -2.03. The van der Waals surface area contributed by atoms with Gasteiger partial charge in [-0.05, 0) is 6.42 Å². The Labute approximate surface area is 87.0 Å². The quantitative estimate of drug-likeness (QED) is 0.682. The maximum absolute atomic E-state index is 11.1. The Hall–Kier alpha value is -1.47. The molecule has 0 radical (unpaired) electrons. The summed E-state index contributed by atoms with van der Waals surface area (Å²) in [5.74, 6) is -0.171. The molecule has 15 heavy (non-hydrogen) atoms. The van der Waals surface area contributed by atoms with Crippen LogP contribution in [0.3, 0.4) is 0 Å². The van der Waals surface area contributed by atoms with E-state index in [1.165, 1.54) is 7.05 Å². The molecule has 7 nitrogen and oxygen atoms in total. The minimum Gasteiger partial charge on any atom is -0.385 e. The van der Waals surface area contributed by atoms with Crippen molar-refractivity contribution >= 4 is 5.91 Å². The van der Waals surface area contributed by atoms with Crippen molar-refractivity contribution in [2.45, 2.75) is 12.5 Å². The third-order valence-corrected chi connectivity index (χ3v) is 1.82. The Morgan fingerprint density at radius 3 is 3.07 bits per heavy atom. The zero-order valence-corrected chi connectivity index (χ0v) is 8.69. The Kier molecular flexibility index (Phi) is 4.19. The normalized spacial score (nSPS) is 12.5. The Morgan fingerprint density at radius 2 is 2.47 bits per heavy atom. The maximum Gasteiger partial charge on any atom is 0.292 e. The number of aromatic nitrogens is 2. The number of amides is 1. The molecule has 0 spiro atoms. The molecular formula is C8H14N4O3. The molecule has 1 heterocycles. The first kappa shape index (κ1) is 11.6. The number of rotatable bonds is 5. The van der Waals surface area contributed by atoms with Crippen LogP contribution in [0.4, 0.5) is 0 Å². The molecule has 7 heteroatoms. The molecule has 0 aliphatic heterocycles. The molecule has 0 aliphatic carbocycles. The molecule has 1 atom stereocenters. The number of nitrogens with zero attached hydrogens (tertiary/aromatic N) is 2. The summed E-state index contributed by atoms with van der Waals surface area (Å²) in [5.41, 5.74) is 5.73. The maximum atomic E-state index is 11.1. The molecule has 0 saturated carbocycles. The number of nitrogens with two attached hydrogens (primary N) is 1. The van der Waals surface area contributed by atoms with E-state index in [0.29, 0.717) is 13.0 Å². The number of hydrogen-bond acceptors (Lipinski definition) is 6. The van der Waals surface area contributed by atoms with Crippen molar-refractivity contribution in [3.8, 4) is 0 Å². The largest absolute Gasteiger partial charge is 0.385 e. The molecule has 3 N–H and O–H groups in total. The molecular weight excluding hydrogens is 200 g/mol. The lowest BCUT2D eigenvalue weighted by atomic mass is 10.2. The predicted molar refractivity (Wildman–Crippen MR) is 51.1 cm³/mol. The van der Waals surface area contributed by atoms with Gasteiger partial charge in [0.2, 0.25) is 5.89 Å². The van der Waals surface area contributed by atoms with Crippen molar-refractivity contribution in [2.24, 2.45) is 5.73 Å². The van der Waals surface area contributed by atoms with Gasteiger partial charge in [-0.15, -0.1) is 0 Å². The third-order valence-electron chi connectivity index (χ3n) is 1.82. The summed E-state index contributed by atoms with van der Waals surface area (Å²) in [5, 5.41) is 5.88. The average molecular weight is 214 g/mol. The van der Waals surface area contributed by atoms with Gasteiger partial charge in [0.05, 0.1) is 6.04 Å². The van der Waals surface area contributed by atoms with E-state index < -0.39 is 11.9 Å². The van der Waals surface area contributed by atoms with Gasteiger partial charge in [-0.3, -0.25) is 4.79 Å². The number of carbonyl (C=O) groups is 1. The van der Waals surface area contributed by atoms with E-state index in [4.69, 9.17) is 15.0 Å². The van der Waals surface area contributed by atoms with E-state index in [0.717, 1.165) is 0 Å². The Morgan fingerprint density at radius 1 is 1.73 bits per heavy atom. The lowest BCUT2D eigenvalue weighted by Crippen LogP contribution is -2.19. The van der Waals surface area contributed by atoms with Crippen LogP contribution < -0.4 is 11.1 Å². The van der Waals surface area contributed by atoms with Crippen LogP contribution in [-0.2, 0) is 4.74 Å². The Bertz CT molecular complexity index is 325. The topological polar surface area (TPSA) is 103 Å². The summed E-state index contributed by atoms with van der Waals surface area (Å²) in [6, 6.07) is -0.407. The van der Waals surface area contributed by atoms with Crippen molar-refractivity contribution < 1.29 is 14.1 Å². The number of methoxy groups -OCH3 is 1. The molecule has 1 unspecified atom stereocenters. The standard InChI is InChI=1S/C8H14N4O3/c1-10-7(13)6-11-8(15-12-6)5(9)3-4-14-2/h5H,3-4,9H2,1-2H3,(H,10,13). The highest BCUT2D eigenvalue weighted by molar-refractivity contribution is 5.89. The fourth-order valence-corrected chi connectivity index (χ4v) is 0.958. The van der Waals surface area contributed by atoms with E-state index in [-0.39, 0.29) is 11.7 Å². The highest BCUT2D eigenvalue weighted by atomic mass is 16.5. The number of ether oxygens (including phenoxy) is 1. The molecule has 84 valence electrons. The molecule has 0 aromatic carbocycles. The SMILES string of the molecule is CNC(=O)c1noc(C(N)CCOC)n1. The highest BCUT2D eigenvalue weighted by Crippen LogP contribution is 2.11. The highest BCUT2D eigenvalue weighted by Gasteiger charge is 2.17. The summed E-state index contributed by atoms with van der Waals surface area (Å²) in [7, 11) is 3.07. The first-order valence-corrected chi connectivity index (χ1v) is 4.49. The van der Waals surface area contributed by atoms with Gasteiger partial charge in [-0.25, -0.2) is 0 Å². The zero-order valence-electron chi connectivity index (χ0n) is 8.69. The number of nitrogens with one attached hydrogen (secondary N) is 1. The predicted octanol–water partition coefficient (Wildman–Crippen LogP) is -0.534. The van der Waals surface area contributed by atoms with Crippen molar-refractivity contribution in [1.82, 2.24) is 15.5 Å². The van der Waals surface area contributed by atoms with E-state index in [9.17, 15) is 4.79 Å². The molecule has 0 bridgehead atoms. The summed E-state index contributed by atoms with van der Waals surface area (Å²) in [6.45, 7) is 0.499. The van der Waals surface area contributed by atoms with Gasteiger partial charge in [-0.2, -0.15) is 4.98 Å². The summed E-state index contributed by atoms with van der Waals surface area (Å²) < 4.78 is 9.70. The van der Waals surface area contributed by atoms with E-state index >= 15 is 0 Å². The fraction of sp³-hybridized carbons (Fsp3) is 0.625. The van der Waals surface area contributed by atoms with Gasteiger partial charge >= 0.3 is 0 Å². The second kappa shape index (κ2) is 5.42. The molecule has 0 aliphatic rings. The molecule has 1 aromatic rings. The molecule has 1 rings (SSSR count). The van der Waals surface area contributed by atoms with Crippen LogP contribution in [0.2, 0.25) is 0 Å². The second-order valence-electron chi connectivity index (χ2n) is 2.92. The molecule has 1 aromatic heterocycles. The molecule has 1 amide bonds. The van der Waals surface area contributed by atoms with Crippen LogP contribution in [-0.4, -0.2) is 36.8 Å². The van der Waals surface area contributed by atoms with Crippen molar-refractivity contribution in [3.63, 3.8) is 0 Å². The first-order valence-electron chi connectivity index (χ1n) is 4.49. The van der Waals surface area contributed by atoms with Crippen LogP contribution in [0.15, 0.2) is 4.52 Å². The summed E-state index contributed by atoms with van der Waals surface area (Å²) in [6.07, 6.45) is 0.561. The lowest BCUT2D eigenvalue weighted by molar-refractivity contribution is 0.0950. The minimum absolute atomic E-state index is 0.0135. The van der Waals surface area contributed by atoms with Gasteiger partial charge in [-0.1, -0.05) is 5.16 Å². The van der Waals surface area contributed by atoms with Gasteiger partial charge in [0.25, 0.3) is 11.7 Å². The van der Waals surface area contributed by atoms with Crippen molar-refractivity contribution in [3.05, 3.63) is 11.7 Å². The van der Waals surface area contributed by atoms with Crippen LogP contribution in [0, 0.1) is 0 Å². The van der Waals surface area contributed by atoms with Gasteiger partial charge in [0.15, 0.2) is 0 Å². The van der Waals surface area contributed by atoms with Crippen molar-refractivity contribution in [2.75, 3.05) is 20.8 Å². The smallest absolute Gasteiger partial charge is 0.292 e. The van der Waals surface area contributed by atoms with Gasteiger partial charge < -0.3 is 20.3 Å². The van der Waals surface area contributed by atoms with Gasteiger partial charge in [0, 0.05) is 20.8 Å². The number of carbonyl (C=O) groups excluding carboxylic acids is 1. The van der Waals surface area contributed by atoms with Crippen LogP contribution >= 0.6 is 0 Å². The van der Waals surface area contributed by atoms with Crippen LogP contribution in [0.25, 0.3) is 0 Å². The number of hydrogen-bond donors (Lipinski definition) is 2. The van der Waals surface area contributed by atoms with Crippen LogP contribution in [0.1, 0.15) is 29.0 Å². The van der Waals surface area contributed by atoms with Gasteiger partial charge in [0.1, 0.15) is 0 Å². The third kappa shape index (κ3) is 3.00. The van der Waals surface area contributed by atoms with E-state index in [2.05, 4.69) is 15.5 Å².